The van der Waals surface area contributed by atoms with Gasteiger partial charge < -0.3 is 0 Å². The van der Waals surface area contributed by atoms with Gasteiger partial charge in [-0.05, 0) is 60.4 Å². The Bertz CT molecular complexity index is 1140. The van der Waals surface area contributed by atoms with Gasteiger partial charge in [0.25, 0.3) is 0 Å². The van der Waals surface area contributed by atoms with Crippen molar-refractivity contribution in [1.82, 2.24) is 0 Å². The molecule has 25 heavy (non-hydrogen) atoms. The molecular weight excluding hydrogens is 302 g/mol. The number of pyridine rings is 1. The summed E-state index contributed by atoms with van der Waals surface area (Å²) in [6.45, 7) is 0.556. The van der Waals surface area contributed by atoms with Crippen LogP contribution in [0.4, 0.5) is 0 Å². The molecule has 1 aromatic heterocycles. The maximum Gasteiger partial charge on any atom is 0.212 e. The summed E-state index contributed by atoms with van der Waals surface area (Å²) in [5, 5.41) is 0. The van der Waals surface area contributed by atoms with Crippen molar-refractivity contribution in [2.24, 2.45) is 7.05 Å². The highest BCUT2D eigenvalue weighted by Gasteiger charge is 2.18. The van der Waals surface area contributed by atoms with E-state index in [1.54, 1.807) is 43.8 Å². The van der Waals surface area contributed by atoms with Gasteiger partial charge in [0, 0.05) is 26.8 Å². The van der Waals surface area contributed by atoms with Crippen molar-refractivity contribution in [3.05, 3.63) is 77.0 Å². The molecule has 3 aromatic rings. The molecule has 1 heterocycles. The van der Waals surface area contributed by atoms with Gasteiger partial charge in [-0.2, -0.15) is 0 Å². The Balaban J connectivity index is 2.36. The van der Waals surface area contributed by atoms with Crippen molar-refractivity contribution in [2.75, 3.05) is 0 Å². The standard InChI is InChI=1S/C24H28N/c1-16(2)21-14-24(25(6)15-19(21)5)23-13-22(17(3)12-18(23)4)20-10-8-7-9-11-20/h7-16H,1-6H3/q+1/i3D3,5D3,16D. The summed E-state index contributed by atoms with van der Waals surface area (Å²) < 4.78 is 58.1. The van der Waals surface area contributed by atoms with Gasteiger partial charge in [-0.1, -0.05) is 50.2 Å². The molecule has 1 heteroatoms. The van der Waals surface area contributed by atoms with Crippen LogP contribution >= 0.6 is 0 Å². The minimum absolute atomic E-state index is 0.142. The molecule has 128 valence electrons. The fourth-order valence-electron chi connectivity index (χ4n) is 3.17. The van der Waals surface area contributed by atoms with E-state index in [4.69, 9.17) is 9.60 Å². The van der Waals surface area contributed by atoms with Gasteiger partial charge in [0.2, 0.25) is 5.69 Å². The van der Waals surface area contributed by atoms with E-state index in [1.165, 1.54) is 0 Å². The van der Waals surface area contributed by atoms with Gasteiger partial charge in [0.1, 0.15) is 7.05 Å². The third-order valence-corrected chi connectivity index (χ3v) is 4.54. The lowest BCUT2D eigenvalue weighted by molar-refractivity contribution is -0.660. The van der Waals surface area contributed by atoms with Gasteiger partial charge in [-0.25, -0.2) is 4.57 Å². The minimum atomic E-state index is -2.35. The topological polar surface area (TPSA) is 3.88 Å². The summed E-state index contributed by atoms with van der Waals surface area (Å²) in [5.74, 6) is -1.12. The molecule has 0 fully saturated rings. The number of hydrogen-bond donors (Lipinski definition) is 0. The Kier molecular flexibility index (Phi) is 2.89. The van der Waals surface area contributed by atoms with Crippen molar-refractivity contribution in [2.45, 2.75) is 40.4 Å². The number of nitrogens with zero attached hydrogens (tertiary/aromatic N) is 1. The molecule has 0 unspecified atom stereocenters. The second-order valence-corrected chi connectivity index (χ2v) is 6.68. The molecule has 0 aliphatic heterocycles. The summed E-state index contributed by atoms with van der Waals surface area (Å²) in [5.41, 5.74) is 4.52. The molecule has 0 aliphatic rings. The van der Waals surface area contributed by atoms with Gasteiger partial charge >= 0.3 is 0 Å². The quantitative estimate of drug-likeness (QED) is 0.524. The summed E-state index contributed by atoms with van der Waals surface area (Å²) >= 11 is 0. The van der Waals surface area contributed by atoms with E-state index < -0.39 is 19.6 Å². The van der Waals surface area contributed by atoms with E-state index in [-0.39, 0.29) is 11.1 Å². The largest absolute Gasteiger partial charge is 0.212 e. The van der Waals surface area contributed by atoms with Crippen LogP contribution in [-0.4, -0.2) is 0 Å². The molecule has 0 radical (unpaired) electrons. The van der Waals surface area contributed by atoms with Crippen molar-refractivity contribution < 1.29 is 14.2 Å². The highest BCUT2D eigenvalue weighted by atomic mass is 14.9. The van der Waals surface area contributed by atoms with E-state index in [2.05, 4.69) is 0 Å². The third-order valence-electron chi connectivity index (χ3n) is 4.54. The van der Waals surface area contributed by atoms with Crippen LogP contribution in [0.3, 0.4) is 0 Å². The Morgan fingerprint density at radius 2 is 1.64 bits per heavy atom. The van der Waals surface area contributed by atoms with Crippen LogP contribution in [0.2, 0.25) is 0 Å². The Labute approximate surface area is 161 Å². The molecule has 0 N–H and O–H groups in total. The fourth-order valence-corrected chi connectivity index (χ4v) is 3.17. The van der Waals surface area contributed by atoms with Gasteiger partial charge in [-0.15, -0.1) is 0 Å². The molecule has 3 rings (SSSR count). The predicted octanol–water partition coefficient (Wildman–Crippen LogP) is 5.89. The average molecular weight is 338 g/mol. The van der Waals surface area contributed by atoms with Crippen LogP contribution in [-0.2, 0) is 7.05 Å². The van der Waals surface area contributed by atoms with Gasteiger partial charge in [0.15, 0.2) is 6.20 Å². The molecular formula is C24H28N+. The summed E-state index contributed by atoms with van der Waals surface area (Å²) in [4.78, 5) is 0. The lowest BCUT2D eigenvalue weighted by Crippen LogP contribution is -2.32. The Morgan fingerprint density at radius 1 is 0.920 bits per heavy atom. The average Bonchev–Trinajstić information content (AvgIpc) is 2.66. The molecule has 2 aromatic carbocycles. The number of hydrogen-bond acceptors (Lipinski definition) is 0. The number of aryl methyl sites for hydroxylation is 4. The molecule has 0 aliphatic carbocycles. The van der Waals surface area contributed by atoms with E-state index in [0.717, 1.165) is 22.4 Å². The van der Waals surface area contributed by atoms with Crippen LogP contribution in [0.15, 0.2) is 54.7 Å². The molecule has 0 bridgehead atoms. The zero-order valence-corrected chi connectivity index (χ0v) is 15.1. The lowest BCUT2D eigenvalue weighted by atomic mass is 9.91. The van der Waals surface area contributed by atoms with E-state index >= 15 is 0 Å². The fraction of sp³-hybridized carbons (Fsp3) is 0.292. The molecule has 0 spiro atoms. The Hall–Kier alpha value is -2.41. The van der Waals surface area contributed by atoms with Gasteiger partial charge in [-0.3, -0.25) is 0 Å². The first-order valence-electron chi connectivity index (χ1n) is 11.9. The minimum Gasteiger partial charge on any atom is -0.201 e. The highest BCUT2D eigenvalue weighted by Crippen LogP contribution is 2.32. The maximum atomic E-state index is 8.54. The first kappa shape index (κ1) is 10.6. The molecule has 1 nitrogen and oxygen atoms in total. The van der Waals surface area contributed by atoms with Gasteiger partial charge in [0.05, 0.1) is 0 Å². The van der Waals surface area contributed by atoms with Crippen LogP contribution in [0.5, 0.6) is 0 Å². The third kappa shape index (κ3) is 3.37. The van der Waals surface area contributed by atoms with Crippen molar-refractivity contribution in [3.63, 3.8) is 0 Å². The van der Waals surface area contributed by atoms with Crippen molar-refractivity contribution >= 4 is 0 Å². The monoisotopic (exact) mass is 337 g/mol. The Morgan fingerprint density at radius 3 is 2.28 bits per heavy atom. The van der Waals surface area contributed by atoms with E-state index in [0.29, 0.717) is 11.1 Å². The normalized spacial score (nSPS) is 16.7. The first-order chi connectivity index (χ1) is 14.6. The van der Waals surface area contributed by atoms with Crippen LogP contribution < -0.4 is 4.57 Å². The number of rotatable bonds is 3. The van der Waals surface area contributed by atoms with Crippen LogP contribution in [0.1, 0.15) is 51.6 Å². The smallest absolute Gasteiger partial charge is 0.201 e. The highest BCUT2D eigenvalue weighted by molar-refractivity contribution is 5.75. The van der Waals surface area contributed by atoms with Crippen LogP contribution in [0.25, 0.3) is 22.4 Å². The first-order valence-corrected chi connectivity index (χ1v) is 8.36. The summed E-state index contributed by atoms with van der Waals surface area (Å²) in [6.07, 6.45) is 1.56. The van der Waals surface area contributed by atoms with Crippen LogP contribution in [0, 0.1) is 20.6 Å². The van der Waals surface area contributed by atoms with E-state index in [9.17, 15) is 0 Å². The number of benzene rings is 2. The van der Waals surface area contributed by atoms with Crippen molar-refractivity contribution in [1.29, 1.82) is 0 Å². The second kappa shape index (κ2) is 6.84. The molecule has 0 amide bonds. The molecule has 0 saturated carbocycles. The maximum absolute atomic E-state index is 8.54. The molecule has 0 atom stereocenters. The predicted molar refractivity (Wildman–Crippen MR) is 107 cm³/mol. The number of aromatic nitrogens is 1. The SMILES string of the molecule is [2H]C([2H])([2H])c1cc(C)c(-c2cc(C([2H])(C)C)c(C([2H])([2H])[2H])c[n+]2C)cc1-c1ccccc1. The zero-order valence-electron chi connectivity index (χ0n) is 22.1. The lowest BCUT2D eigenvalue weighted by Gasteiger charge is -2.14. The summed E-state index contributed by atoms with van der Waals surface area (Å²) in [6, 6.07) is 14.7. The second-order valence-electron chi connectivity index (χ2n) is 6.68. The van der Waals surface area contributed by atoms with Crippen molar-refractivity contribution in [3.8, 4) is 22.4 Å². The van der Waals surface area contributed by atoms with E-state index in [1.807, 2.05) is 43.3 Å². The molecule has 0 saturated heterocycles. The summed E-state index contributed by atoms with van der Waals surface area (Å²) in [7, 11) is 1.77. The zero-order chi connectivity index (χ0) is 24.1.